The van der Waals surface area contributed by atoms with Crippen LogP contribution in [0.4, 0.5) is 17.3 Å². The van der Waals surface area contributed by atoms with Gasteiger partial charge in [-0.3, -0.25) is 0 Å². The molecule has 0 atom stereocenters. The van der Waals surface area contributed by atoms with Gasteiger partial charge in [0.1, 0.15) is 18.0 Å². The van der Waals surface area contributed by atoms with Gasteiger partial charge < -0.3 is 10.6 Å². The number of aromatic nitrogens is 2. The summed E-state index contributed by atoms with van der Waals surface area (Å²) in [7, 11) is 0. The second-order valence-electron chi connectivity index (χ2n) is 4.27. The van der Waals surface area contributed by atoms with Crippen LogP contribution in [0.15, 0.2) is 30.6 Å². The monoisotopic (exact) mass is 276 g/mol. The van der Waals surface area contributed by atoms with Crippen LogP contribution in [0.2, 0.25) is 5.02 Å². The third kappa shape index (κ3) is 3.58. The molecule has 0 saturated heterocycles. The Bertz CT molecular complexity index is 537. The molecule has 0 radical (unpaired) electrons. The van der Waals surface area contributed by atoms with Crippen LogP contribution < -0.4 is 10.6 Å². The van der Waals surface area contributed by atoms with Crippen molar-refractivity contribution in [1.82, 2.24) is 9.97 Å². The SMILES string of the molecule is CCCNc1cc(Nc2c(C)cccc2Cl)ncn1. The topological polar surface area (TPSA) is 49.8 Å². The fraction of sp³-hybridized carbons (Fsp3) is 0.286. The summed E-state index contributed by atoms with van der Waals surface area (Å²) in [5.74, 6) is 1.54. The van der Waals surface area contributed by atoms with Crippen molar-refractivity contribution < 1.29 is 0 Å². The molecule has 0 aliphatic rings. The molecule has 0 bridgehead atoms. The van der Waals surface area contributed by atoms with Crippen LogP contribution in [-0.4, -0.2) is 16.5 Å². The first-order chi connectivity index (χ1) is 9.20. The van der Waals surface area contributed by atoms with Crippen molar-refractivity contribution in [3.63, 3.8) is 0 Å². The molecule has 2 aromatic rings. The van der Waals surface area contributed by atoms with E-state index in [4.69, 9.17) is 11.6 Å². The second kappa shape index (κ2) is 6.38. The van der Waals surface area contributed by atoms with Crippen LogP contribution in [0.25, 0.3) is 0 Å². The Labute approximate surface area is 118 Å². The van der Waals surface area contributed by atoms with Crippen molar-refractivity contribution in [1.29, 1.82) is 0 Å². The van der Waals surface area contributed by atoms with Gasteiger partial charge in [0, 0.05) is 12.6 Å². The summed E-state index contributed by atoms with van der Waals surface area (Å²) < 4.78 is 0. The zero-order valence-electron chi connectivity index (χ0n) is 11.1. The number of hydrogen-bond acceptors (Lipinski definition) is 4. The van der Waals surface area contributed by atoms with Gasteiger partial charge in [-0.1, -0.05) is 30.7 Å². The predicted molar refractivity (Wildman–Crippen MR) is 80.3 cm³/mol. The van der Waals surface area contributed by atoms with Gasteiger partial charge in [0.25, 0.3) is 0 Å². The van der Waals surface area contributed by atoms with Crippen molar-refractivity contribution in [3.8, 4) is 0 Å². The van der Waals surface area contributed by atoms with E-state index in [1.165, 1.54) is 6.33 Å². The molecule has 1 heterocycles. The molecule has 4 nitrogen and oxygen atoms in total. The lowest BCUT2D eigenvalue weighted by molar-refractivity contribution is 0.965. The van der Waals surface area contributed by atoms with E-state index in [0.29, 0.717) is 5.02 Å². The molecule has 0 fully saturated rings. The van der Waals surface area contributed by atoms with Crippen molar-refractivity contribution in [2.24, 2.45) is 0 Å². The average molecular weight is 277 g/mol. The fourth-order valence-corrected chi connectivity index (χ4v) is 1.96. The third-order valence-corrected chi connectivity index (χ3v) is 3.01. The molecule has 100 valence electrons. The maximum atomic E-state index is 6.18. The first-order valence-corrected chi connectivity index (χ1v) is 6.66. The number of aryl methyl sites for hydroxylation is 1. The number of nitrogens with one attached hydrogen (secondary N) is 2. The molecule has 2 N–H and O–H groups in total. The summed E-state index contributed by atoms with van der Waals surface area (Å²) in [5.41, 5.74) is 1.96. The largest absolute Gasteiger partial charge is 0.370 e. The van der Waals surface area contributed by atoms with Crippen LogP contribution in [0.1, 0.15) is 18.9 Å². The number of anilines is 3. The highest BCUT2D eigenvalue weighted by Crippen LogP contribution is 2.28. The zero-order valence-corrected chi connectivity index (χ0v) is 11.8. The molecule has 0 amide bonds. The Balaban J connectivity index is 2.19. The standard InChI is InChI=1S/C14H17ClN4/c1-3-7-16-12-8-13(18-9-17-12)19-14-10(2)5-4-6-11(14)15/h4-6,8-9H,3,7H2,1-2H3,(H2,16,17,18,19). The summed E-state index contributed by atoms with van der Waals surface area (Å²) in [5, 5.41) is 7.14. The smallest absolute Gasteiger partial charge is 0.135 e. The average Bonchev–Trinajstić information content (AvgIpc) is 2.41. The summed E-state index contributed by atoms with van der Waals surface area (Å²) in [6.45, 7) is 5.01. The minimum atomic E-state index is 0.682. The van der Waals surface area contributed by atoms with Gasteiger partial charge in [0.15, 0.2) is 0 Å². The van der Waals surface area contributed by atoms with Crippen LogP contribution in [0.3, 0.4) is 0 Å². The fourth-order valence-electron chi connectivity index (χ4n) is 1.69. The summed E-state index contributed by atoms with van der Waals surface area (Å²) >= 11 is 6.18. The van der Waals surface area contributed by atoms with Gasteiger partial charge in [-0.25, -0.2) is 9.97 Å². The normalized spacial score (nSPS) is 10.3. The minimum Gasteiger partial charge on any atom is -0.370 e. The summed E-state index contributed by atoms with van der Waals surface area (Å²) in [4.78, 5) is 8.37. The summed E-state index contributed by atoms with van der Waals surface area (Å²) in [6, 6.07) is 7.66. The quantitative estimate of drug-likeness (QED) is 0.866. The molecule has 0 unspecified atom stereocenters. The maximum absolute atomic E-state index is 6.18. The number of nitrogens with zero attached hydrogens (tertiary/aromatic N) is 2. The predicted octanol–water partition coefficient (Wildman–Crippen LogP) is 4.00. The Hall–Kier alpha value is -1.81. The molecule has 0 spiro atoms. The van der Waals surface area contributed by atoms with Crippen molar-refractivity contribution >= 4 is 28.9 Å². The van der Waals surface area contributed by atoms with E-state index in [1.807, 2.05) is 31.2 Å². The molecule has 1 aromatic carbocycles. The van der Waals surface area contributed by atoms with E-state index in [0.717, 1.165) is 35.9 Å². The highest BCUT2D eigenvalue weighted by molar-refractivity contribution is 6.33. The lowest BCUT2D eigenvalue weighted by Crippen LogP contribution is -2.04. The molecule has 0 aliphatic carbocycles. The van der Waals surface area contributed by atoms with Crippen molar-refractivity contribution in [2.75, 3.05) is 17.2 Å². The Morgan fingerprint density at radius 3 is 2.74 bits per heavy atom. The maximum Gasteiger partial charge on any atom is 0.135 e. The molecular formula is C14H17ClN4. The number of halogens is 1. The molecule has 5 heteroatoms. The summed E-state index contributed by atoms with van der Waals surface area (Å²) in [6.07, 6.45) is 2.59. The van der Waals surface area contributed by atoms with E-state index in [2.05, 4.69) is 27.5 Å². The van der Waals surface area contributed by atoms with Gasteiger partial charge in [0.05, 0.1) is 10.7 Å². The molecule has 19 heavy (non-hydrogen) atoms. The Kier molecular flexibility index (Phi) is 4.58. The number of hydrogen-bond donors (Lipinski definition) is 2. The lowest BCUT2D eigenvalue weighted by Gasteiger charge is -2.11. The van der Waals surface area contributed by atoms with Crippen molar-refractivity contribution in [2.45, 2.75) is 20.3 Å². The number of para-hydroxylation sites is 1. The van der Waals surface area contributed by atoms with E-state index in [1.54, 1.807) is 0 Å². The number of rotatable bonds is 5. The van der Waals surface area contributed by atoms with Crippen LogP contribution in [-0.2, 0) is 0 Å². The van der Waals surface area contributed by atoms with Crippen LogP contribution in [0, 0.1) is 6.92 Å². The van der Waals surface area contributed by atoms with Crippen LogP contribution >= 0.6 is 11.6 Å². The number of benzene rings is 1. The van der Waals surface area contributed by atoms with E-state index < -0.39 is 0 Å². The molecular weight excluding hydrogens is 260 g/mol. The van der Waals surface area contributed by atoms with E-state index in [9.17, 15) is 0 Å². The lowest BCUT2D eigenvalue weighted by atomic mass is 10.2. The van der Waals surface area contributed by atoms with Gasteiger partial charge in [-0.05, 0) is 25.0 Å². The van der Waals surface area contributed by atoms with Crippen molar-refractivity contribution in [3.05, 3.63) is 41.2 Å². The molecule has 2 rings (SSSR count). The van der Waals surface area contributed by atoms with Gasteiger partial charge in [-0.2, -0.15) is 0 Å². The second-order valence-corrected chi connectivity index (χ2v) is 4.68. The minimum absolute atomic E-state index is 0.682. The van der Waals surface area contributed by atoms with Gasteiger partial charge >= 0.3 is 0 Å². The zero-order chi connectivity index (χ0) is 13.7. The Morgan fingerprint density at radius 2 is 2.00 bits per heavy atom. The molecule has 0 saturated carbocycles. The van der Waals surface area contributed by atoms with E-state index in [-0.39, 0.29) is 0 Å². The highest BCUT2D eigenvalue weighted by atomic mass is 35.5. The molecule has 1 aromatic heterocycles. The van der Waals surface area contributed by atoms with E-state index >= 15 is 0 Å². The first kappa shape index (κ1) is 13.6. The molecule has 0 aliphatic heterocycles. The first-order valence-electron chi connectivity index (χ1n) is 6.28. The van der Waals surface area contributed by atoms with Crippen LogP contribution in [0.5, 0.6) is 0 Å². The third-order valence-electron chi connectivity index (χ3n) is 2.70. The highest BCUT2D eigenvalue weighted by Gasteiger charge is 2.05. The van der Waals surface area contributed by atoms with Gasteiger partial charge in [-0.15, -0.1) is 0 Å². The van der Waals surface area contributed by atoms with Gasteiger partial charge in [0.2, 0.25) is 0 Å². The Morgan fingerprint density at radius 1 is 1.21 bits per heavy atom.